The predicted octanol–water partition coefficient (Wildman–Crippen LogP) is 2.37. The average Bonchev–Trinajstić information content (AvgIpc) is 2.70. The Kier molecular flexibility index (Phi) is 3.42. The Morgan fingerprint density at radius 2 is 2.29 bits per heavy atom. The minimum absolute atomic E-state index is 0.150. The van der Waals surface area contributed by atoms with Gasteiger partial charge in [-0.25, -0.2) is 0 Å². The van der Waals surface area contributed by atoms with Crippen LogP contribution < -0.4 is 0 Å². The van der Waals surface area contributed by atoms with Crippen LogP contribution >= 0.6 is 0 Å². The van der Waals surface area contributed by atoms with Crippen LogP contribution in [0.15, 0.2) is 18.2 Å². The molecular weight excluding hydrogens is 216 g/mol. The molecule has 1 aromatic heterocycles. The molecular formula is C13H16N2O2. The van der Waals surface area contributed by atoms with Crippen LogP contribution in [0.3, 0.4) is 0 Å². The molecule has 0 spiro atoms. The number of hydrogen-bond acceptors (Lipinski definition) is 3. The van der Waals surface area contributed by atoms with Gasteiger partial charge in [-0.05, 0) is 31.4 Å². The number of hydrogen-bond donors (Lipinski definition) is 1. The van der Waals surface area contributed by atoms with Crippen LogP contribution in [0.2, 0.25) is 0 Å². The Morgan fingerprint density at radius 3 is 3.06 bits per heavy atom. The quantitative estimate of drug-likeness (QED) is 0.823. The van der Waals surface area contributed by atoms with Crippen molar-refractivity contribution in [3.63, 3.8) is 0 Å². The second kappa shape index (κ2) is 4.99. The van der Waals surface area contributed by atoms with Gasteiger partial charge in [0.25, 0.3) is 0 Å². The molecule has 0 saturated heterocycles. The number of aromatic amines is 1. The topological polar surface area (TPSA) is 55.0 Å². The minimum Gasteiger partial charge on any atom is -0.469 e. The standard InChI is InChI=1S/C13H16N2O2/c1-9-11-7-6-10(8-12(11)15-14-9)4-3-5-13(16)17-2/h6-8H,3-5H2,1-2H3,(H,14,15). The highest BCUT2D eigenvalue weighted by atomic mass is 16.5. The van der Waals surface area contributed by atoms with Crippen molar-refractivity contribution in [3.8, 4) is 0 Å². The number of methoxy groups -OCH3 is 1. The van der Waals surface area contributed by atoms with Crippen LogP contribution in [-0.2, 0) is 16.0 Å². The lowest BCUT2D eigenvalue weighted by atomic mass is 10.1. The summed E-state index contributed by atoms with van der Waals surface area (Å²) in [7, 11) is 1.42. The molecule has 0 unspecified atom stereocenters. The largest absolute Gasteiger partial charge is 0.469 e. The SMILES string of the molecule is COC(=O)CCCc1ccc2c(C)n[nH]c2c1. The van der Waals surface area contributed by atoms with Gasteiger partial charge in [-0.3, -0.25) is 9.89 Å². The highest BCUT2D eigenvalue weighted by Crippen LogP contribution is 2.17. The summed E-state index contributed by atoms with van der Waals surface area (Å²) in [5, 5.41) is 8.31. The average molecular weight is 232 g/mol. The maximum atomic E-state index is 11.0. The molecule has 0 saturated carbocycles. The highest BCUT2D eigenvalue weighted by molar-refractivity contribution is 5.81. The zero-order valence-corrected chi connectivity index (χ0v) is 10.1. The van der Waals surface area contributed by atoms with Gasteiger partial charge in [-0.15, -0.1) is 0 Å². The molecule has 90 valence electrons. The Balaban J connectivity index is 2.02. The van der Waals surface area contributed by atoms with Crippen LogP contribution in [-0.4, -0.2) is 23.3 Å². The second-order valence-corrected chi connectivity index (χ2v) is 4.12. The van der Waals surface area contributed by atoms with Crippen molar-refractivity contribution in [3.05, 3.63) is 29.5 Å². The Labute approximate surface area is 100.0 Å². The van der Waals surface area contributed by atoms with Gasteiger partial charge in [-0.2, -0.15) is 5.10 Å². The first kappa shape index (κ1) is 11.6. The van der Waals surface area contributed by atoms with E-state index in [0.29, 0.717) is 6.42 Å². The van der Waals surface area contributed by atoms with E-state index >= 15 is 0 Å². The van der Waals surface area contributed by atoms with Crippen LogP contribution in [0.4, 0.5) is 0 Å². The maximum Gasteiger partial charge on any atom is 0.305 e. The Bertz CT molecular complexity index is 531. The van der Waals surface area contributed by atoms with E-state index in [9.17, 15) is 4.79 Å². The fourth-order valence-electron chi connectivity index (χ4n) is 1.90. The lowest BCUT2D eigenvalue weighted by molar-refractivity contribution is -0.140. The number of nitrogens with one attached hydrogen (secondary N) is 1. The molecule has 1 heterocycles. The van der Waals surface area contributed by atoms with Crippen LogP contribution in [0, 0.1) is 6.92 Å². The lowest BCUT2D eigenvalue weighted by Crippen LogP contribution is -2.00. The molecule has 0 aliphatic carbocycles. The molecule has 1 aromatic carbocycles. The number of nitrogens with zero attached hydrogens (tertiary/aromatic N) is 1. The lowest BCUT2D eigenvalue weighted by Gasteiger charge is -2.01. The van der Waals surface area contributed by atoms with E-state index in [1.807, 2.05) is 6.92 Å². The first-order valence-corrected chi connectivity index (χ1v) is 5.71. The zero-order chi connectivity index (χ0) is 12.3. The molecule has 2 aromatic rings. The van der Waals surface area contributed by atoms with Crippen molar-refractivity contribution in [2.75, 3.05) is 7.11 Å². The van der Waals surface area contributed by atoms with E-state index in [0.717, 1.165) is 29.4 Å². The zero-order valence-electron chi connectivity index (χ0n) is 10.1. The number of aromatic nitrogens is 2. The fraction of sp³-hybridized carbons (Fsp3) is 0.385. The van der Waals surface area contributed by atoms with Gasteiger partial charge in [0.15, 0.2) is 0 Å². The fourth-order valence-corrected chi connectivity index (χ4v) is 1.90. The second-order valence-electron chi connectivity index (χ2n) is 4.12. The van der Waals surface area contributed by atoms with Gasteiger partial charge in [0.1, 0.15) is 0 Å². The number of carbonyl (C=O) groups is 1. The predicted molar refractivity (Wildman–Crippen MR) is 65.8 cm³/mol. The Hall–Kier alpha value is -1.84. The molecule has 0 amide bonds. The van der Waals surface area contributed by atoms with E-state index in [2.05, 4.69) is 33.1 Å². The molecule has 4 heteroatoms. The van der Waals surface area contributed by atoms with Crippen molar-refractivity contribution < 1.29 is 9.53 Å². The molecule has 2 rings (SSSR count). The van der Waals surface area contributed by atoms with E-state index in [1.54, 1.807) is 0 Å². The Morgan fingerprint density at radius 1 is 1.47 bits per heavy atom. The first-order valence-electron chi connectivity index (χ1n) is 5.71. The van der Waals surface area contributed by atoms with Crippen LogP contribution in [0.5, 0.6) is 0 Å². The summed E-state index contributed by atoms with van der Waals surface area (Å²) in [5.74, 6) is -0.150. The molecule has 0 aliphatic rings. The van der Waals surface area contributed by atoms with E-state index in [-0.39, 0.29) is 5.97 Å². The number of aryl methyl sites for hydroxylation is 2. The minimum atomic E-state index is -0.150. The number of fused-ring (bicyclic) bond motifs is 1. The van der Waals surface area contributed by atoms with Gasteiger partial charge in [0, 0.05) is 11.8 Å². The third-order valence-corrected chi connectivity index (χ3v) is 2.89. The van der Waals surface area contributed by atoms with Crippen molar-refractivity contribution in [2.45, 2.75) is 26.2 Å². The van der Waals surface area contributed by atoms with Gasteiger partial charge in [-0.1, -0.05) is 12.1 Å². The molecule has 4 nitrogen and oxygen atoms in total. The van der Waals surface area contributed by atoms with Crippen LogP contribution in [0.25, 0.3) is 10.9 Å². The molecule has 0 fully saturated rings. The van der Waals surface area contributed by atoms with E-state index in [1.165, 1.54) is 12.7 Å². The summed E-state index contributed by atoms with van der Waals surface area (Å²) in [6, 6.07) is 6.25. The first-order chi connectivity index (χ1) is 8.20. The monoisotopic (exact) mass is 232 g/mol. The van der Waals surface area contributed by atoms with Crippen molar-refractivity contribution >= 4 is 16.9 Å². The van der Waals surface area contributed by atoms with Crippen LogP contribution in [0.1, 0.15) is 24.1 Å². The van der Waals surface area contributed by atoms with Crippen molar-refractivity contribution in [1.29, 1.82) is 0 Å². The van der Waals surface area contributed by atoms with Gasteiger partial charge >= 0.3 is 5.97 Å². The number of benzene rings is 1. The van der Waals surface area contributed by atoms with Gasteiger partial charge in [0.2, 0.25) is 0 Å². The summed E-state index contributed by atoms with van der Waals surface area (Å²) in [6.07, 6.45) is 2.16. The number of esters is 1. The van der Waals surface area contributed by atoms with Crippen molar-refractivity contribution in [2.24, 2.45) is 0 Å². The van der Waals surface area contributed by atoms with E-state index < -0.39 is 0 Å². The number of ether oxygens (including phenoxy) is 1. The normalized spacial score (nSPS) is 10.7. The molecule has 0 atom stereocenters. The number of rotatable bonds is 4. The number of carbonyl (C=O) groups excluding carboxylic acids is 1. The third-order valence-electron chi connectivity index (χ3n) is 2.89. The summed E-state index contributed by atoms with van der Waals surface area (Å²) in [6.45, 7) is 1.98. The molecule has 0 bridgehead atoms. The van der Waals surface area contributed by atoms with Crippen molar-refractivity contribution in [1.82, 2.24) is 10.2 Å². The third kappa shape index (κ3) is 2.64. The summed E-state index contributed by atoms with van der Waals surface area (Å²) >= 11 is 0. The highest BCUT2D eigenvalue weighted by Gasteiger charge is 2.04. The molecule has 0 radical (unpaired) electrons. The summed E-state index contributed by atoms with van der Waals surface area (Å²) in [4.78, 5) is 11.0. The molecule has 0 aliphatic heterocycles. The molecule has 1 N–H and O–H groups in total. The molecule has 17 heavy (non-hydrogen) atoms. The maximum absolute atomic E-state index is 11.0. The van der Waals surface area contributed by atoms with E-state index in [4.69, 9.17) is 0 Å². The smallest absolute Gasteiger partial charge is 0.305 e. The summed E-state index contributed by atoms with van der Waals surface area (Å²) in [5.41, 5.74) is 3.28. The van der Waals surface area contributed by atoms with Gasteiger partial charge in [0.05, 0.1) is 18.3 Å². The summed E-state index contributed by atoms with van der Waals surface area (Å²) < 4.78 is 4.61. The number of H-pyrrole nitrogens is 1. The van der Waals surface area contributed by atoms with Gasteiger partial charge < -0.3 is 4.74 Å².